The Kier molecular flexibility index (Phi) is 49.6. The van der Waals surface area contributed by atoms with Crippen molar-refractivity contribution < 1.29 is 37.9 Å². The van der Waals surface area contributed by atoms with Crippen LogP contribution in [0.1, 0.15) is 433 Å². The fraction of sp³-hybridized carbons (Fsp3) is 0.548. The minimum absolute atomic E-state index is 0.544. The first-order valence-electron chi connectivity index (χ1n) is 54.7. The third-order valence-corrected chi connectivity index (χ3v) is 27.2. The Labute approximate surface area is 821 Å². The number of aromatic nitrogens is 4. The zero-order valence-electron chi connectivity index (χ0n) is 85.4. The molecular weight excluding hydrogens is 1670 g/mol. The molecule has 12 heteroatoms. The van der Waals surface area contributed by atoms with Crippen LogP contribution >= 0.6 is 0 Å². The first-order chi connectivity index (χ1) is 67.3. The summed E-state index contributed by atoms with van der Waals surface area (Å²) in [6.45, 7) is 17.1. The van der Waals surface area contributed by atoms with Crippen LogP contribution in [0, 0.1) is 23.7 Å². The number of nitrogens with one attached hydrogen (secondary N) is 2. The highest BCUT2D eigenvalue weighted by molar-refractivity contribution is 5.98. The summed E-state index contributed by atoms with van der Waals surface area (Å²) in [5, 5.41) is 4.13. The molecule has 2 aliphatic heterocycles. The highest BCUT2D eigenvalue weighted by atomic mass is 16.5. The zero-order valence-corrected chi connectivity index (χ0v) is 85.4. The van der Waals surface area contributed by atoms with E-state index in [1.807, 2.05) is 12.1 Å². The van der Waals surface area contributed by atoms with E-state index in [4.69, 9.17) is 47.9 Å². The Bertz CT molecular complexity index is 4950. The Morgan fingerprint density at radius 3 is 0.765 bits per heavy atom. The Balaban J connectivity index is 1.14. The maximum absolute atomic E-state index is 7.23. The first kappa shape index (κ1) is 106. The van der Waals surface area contributed by atoms with Crippen LogP contribution in [0.3, 0.4) is 0 Å². The predicted octanol–water partition coefficient (Wildman–Crippen LogP) is 36.6. The molecule has 11 rings (SSSR count). The molecule has 0 fully saturated rings. The summed E-state index contributed by atoms with van der Waals surface area (Å²) in [5.41, 5.74) is 12.8. The van der Waals surface area contributed by atoms with Crippen LogP contribution in [-0.2, 0) is 0 Å². The predicted molar refractivity (Wildman–Crippen MR) is 579 cm³/mol. The smallest absolute Gasteiger partial charge is 0.203 e. The SMILES string of the molecule is CCCCCCCCCCCOc1cc(-c2c3nc(c(C#Cc4cccc5cc(OC)ccc45)c4ccc([nH]4)c(-c4cc(OCCCCCCCCCCC)c(OCCCCCCCCCCC)c(OCCCCCCCCCCC)c4)c4nc(c(C#Cc5cccc6cc(OC)ccc56)c5ccc2[nH]5)C=C4)C=C3)cc(OCCCCCCCCCCC)c1OCCCCCCCCCCC. The molecular formula is C124H170N4O8. The average Bonchev–Trinajstić information content (AvgIpc) is 1.60. The summed E-state index contributed by atoms with van der Waals surface area (Å²) in [5.74, 6) is 20.8. The second-order valence-electron chi connectivity index (χ2n) is 38.5. The summed E-state index contributed by atoms with van der Waals surface area (Å²) in [7, 11) is 3.44. The number of benzene rings is 6. The molecule has 8 bridgehead atoms. The van der Waals surface area contributed by atoms with E-state index in [9.17, 15) is 0 Å². The summed E-state index contributed by atoms with van der Waals surface area (Å²) in [6, 6.07) is 42.6. The van der Waals surface area contributed by atoms with Crippen LogP contribution in [0.25, 0.3) is 90.2 Å². The summed E-state index contributed by atoms with van der Waals surface area (Å²) in [6.07, 6.45) is 74.2. The van der Waals surface area contributed by atoms with Gasteiger partial charge in [-0.3, -0.25) is 0 Å². The fourth-order valence-corrected chi connectivity index (χ4v) is 19.0. The number of unbranched alkanes of at least 4 members (excludes halogenated alkanes) is 48. The summed E-state index contributed by atoms with van der Waals surface area (Å²) in [4.78, 5) is 19.9. The normalized spacial score (nSPS) is 11.6. The largest absolute Gasteiger partial charge is 0.497 e. The van der Waals surface area contributed by atoms with E-state index in [0.717, 1.165) is 188 Å². The number of fused-ring (bicyclic) bond motifs is 10. The van der Waals surface area contributed by atoms with Crippen molar-refractivity contribution in [1.29, 1.82) is 0 Å². The van der Waals surface area contributed by atoms with E-state index >= 15 is 0 Å². The van der Waals surface area contributed by atoms with E-state index in [1.54, 1.807) is 14.2 Å². The molecule has 0 spiro atoms. The number of H-pyrrole nitrogens is 2. The molecule has 0 amide bonds. The van der Waals surface area contributed by atoms with E-state index < -0.39 is 0 Å². The average molecular weight is 1840 g/mol. The van der Waals surface area contributed by atoms with Crippen LogP contribution in [0.4, 0.5) is 0 Å². The molecule has 2 aliphatic rings. The first-order valence-corrected chi connectivity index (χ1v) is 54.7. The van der Waals surface area contributed by atoms with Crippen molar-refractivity contribution in [3.8, 4) is 91.9 Å². The van der Waals surface area contributed by atoms with E-state index in [1.165, 1.54) is 270 Å². The minimum Gasteiger partial charge on any atom is -0.497 e. The molecule has 734 valence electrons. The van der Waals surface area contributed by atoms with Crippen molar-refractivity contribution in [2.75, 3.05) is 53.9 Å². The van der Waals surface area contributed by atoms with Gasteiger partial charge >= 0.3 is 0 Å². The van der Waals surface area contributed by atoms with Gasteiger partial charge in [0, 0.05) is 33.3 Å². The molecule has 0 saturated carbocycles. The summed E-state index contributed by atoms with van der Waals surface area (Å²) >= 11 is 0. The standard InChI is InChI=1S/C124H170N4O8/c1-9-15-21-27-33-39-45-51-57-85-131-117-93-101(94-118(132-86-58-52-46-40-34-28-22-16-10-2)123(117)135-89-61-55-49-43-37-31-25-19-13-5)121-113-81-77-109(125-113)107(73-69-97-65-63-67-99-91-103(129-7)71-75-105(97)99)111-79-83-115(127-111)122(116-84-80-112(128-116)108(110-78-82-114(121)126-110)74-70-98-66-64-68-100-92-104(130-8)72-76-106(98)100)102-95-119(133-87-59-53-47-41-35-29-23-17-11-3)124(136-90-62-56-50-44-38-32-26-20-14-6)120(96-102)134-88-60-54-48-42-36-30-24-18-12-4/h63-68,71-72,75-84,91-96,125,128H,9-62,85-90H2,1-8H3. The molecule has 0 radical (unpaired) electrons. The number of hydrogen-bond donors (Lipinski definition) is 2. The number of methoxy groups -OCH3 is 2. The Morgan fingerprint density at radius 2 is 0.493 bits per heavy atom. The number of hydrogen-bond acceptors (Lipinski definition) is 10. The van der Waals surface area contributed by atoms with Gasteiger partial charge < -0.3 is 47.9 Å². The van der Waals surface area contributed by atoms with E-state index in [2.05, 4.69) is 209 Å². The van der Waals surface area contributed by atoms with Gasteiger partial charge in [-0.25, -0.2) is 9.97 Å². The van der Waals surface area contributed by atoms with Gasteiger partial charge in [0.1, 0.15) is 11.5 Å². The van der Waals surface area contributed by atoms with Crippen LogP contribution in [0.15, 0.2) is 121 Å². The minimum atomic E-state index is 0.544. The summed E-state index contributed by atoms with van der Waals surface area (Å²) < 4.78 is 54.8. The highest BCUT2D eigenvalue weighted by Crippen LogP contribution is 2.47. The van der Waals surface area contributed by atoms with Crippen LogP contribution in [0.2, 0.25) is 0 Å². The van der Waals surface area contributed by atoms with Crippen molar-refractivity contribution in [2.45, 2.75) is 388 Å². The molecule has 0 unspecified atom stereocenters. The van der Waals surface area contributed by atoms with Gasteiger partial charge in [-0.05, 0) is 193 Å². The lowest BCUT2D eigenvalue weighted by molar-refractivity contribution is 0.234. The van der Waals surface area contributed by atoms with Crippen LogP contribution in [-0.4, -0.2) is 73.8 Å². The molecule has 5 heterocycles. The van der Waals surface area contributed by atoms with Gasteiger partial charge in [-0.15, -0.1) is 0 Å². The highest BCUT2D eigenvalue weighted by Gasteiger charge is 2.25. The molecule has 3 aromatic heterocycles. The molecule has 0 aliphatic carbocycles. The van der Waals surface area contributed by atoms with E-state index in [0.29, 0.717) is 85.5 Å². The second-order valence-corrected chi connectivity index (χ2v) is 38.5. The van der Waals surface area contributed by atoms with Gasteiger partial charge in [0.15, 0.2) is 23.0 Å². The molecule has 136 heavy (non-hydrogen) atoms. The molecule has 2 N–H and O–H groups in total. The van der Waals surface area contributed by atoms with Crippen molar-refractivity contribution >= 4 is 67.9 Å². The maximum atomic E-state index is 7.23. The molecule has 0 atom stereocenters. The Hall–Kier alpha value is -10.0. The van der Waals surface area contributed by atoms with Crippen molar-refractivity contribution in [3.63, 3.8) is 0 Å². The van der Waals surface area contributed by atoms with Gasteiger partial charge in [0.05, 0.1) is 98.8 Å². The number of aromatic amines is 2. The lowest BCUT2D eigenvalue weighted by Crippen LogP contribution is -2.07. The van der Waals surface area contributed by atoms with Gasteiger partial charge in [0.25, 0.3) is 0 Å². The lowest BCUT2D eigenvalue weighted by atomic mass is 10.0. The van der Waals surface area contributed by atoms with Crippen LogP contribution < -0.4 is 37.9 Å². The van der Waals surface area contributed by atoms with Crippen molar-refractivity contribution in [3.05, 3.63) is 166 Å². The lowest BCUT2D eigenvalue weighted by Gasteiger charge is -2.19. The van der Waals surface area contributed by atoms with Crippen molar-refractivity contribution in [2.24, 2.45) is 0 Å². The fourth-order valence-electron chi connectivity index (χ4n) is 19.0. The molecule has 0 saturated heterocycles. The van der Waals surface area contributed by atoms with Crippen LogP contribution in [0.5, 0.6) is 46.0 Å². The van der Waals surface area contributed by atoms with E-state index in [-0.39, 0.29) is 0 Å². The molecule has 6 aromatic carbocycles. The molecule has 12 nitrogen and oxygen atoms in total. The van der Waals surface area contributed by atoms with Crippen molar-refractivity contribution in [1.82, 2.24) is 19.9 Å². The maximum Gasteiger partial charge on any atom is 0.203 e. The zero-order chi connectivity index (χ0) is 94.9. The number of ether oxygens (including phenoxy) is 8. The topological polar surface area (TPSA) is 131 Å². The third-order valence-electron chi connectivity index (χ3n) is 27.2. The molecule has 9 aromatic rings. The quantitative estimate of drug-likeness (QED) is 0.0281. The second kappa shape index (κ2) is 63.5. The number of rotatable bonds is 70. The Morgan fingerprint density at radius 1 is 0.243 bits per heavy atom. The van der Waals surface area contributed by atoms with Gasteiger partial charge in [-0.1, -0.05) is 398 Å². The number of nitrogens with zero attached hydrogens (tertiary/aromatic N) is 2. The van der Waals surface area contributed by atoms with Gasteiger partial charge in [-0.2, -0.15) is 0 Å². The monoisotopic (exact) mass is 1840 g/mol. The third kappa shape index (κ3) is 35.4. The van der Waals surface area contributed by atoms with Gasteiger partial charge in [0.2, 0.25) is 11.5 Å².